The number of rotatable bonds is 14. The number of carboxylic acid groups (broad SMARTS) is 2. The van der Waals surface area contributed by atoms with Crippen LogP contribution in [0.5, 0.6) is 0 Å². The van der Waals surface area contributed by atoms with Gasteiger partial charge in [0.05, 0.1) is 0 Å². The second kappa shape index (κ2) is 13.2. The summed E-state index contributed by atoms with van der Waals surface area (Å²) in [4.78, 5) is 23.7. The summed E-state index contributed by atoms with van der Waals surface area (Å²) in [6.07, 6.45) is 5.28. The van der Waals surface area contributed by atoms with Gasteiger partial charge in [0.1, 0.15) is 12.2 Å². The highest BCUT2D eigenvalue weighted by Crippen LogP contribution is 2.34. The molecule has 0 radical (unpaired) electrons. The molecule has 2 aliphatic rings. The number of hydrogen-bond acceptors (Lipinski definition) is 6. The van der Waals surface area contributed by atoms with Crippen LogP contribution in [0.4, 0.5) is 0 Å². The molecule has 0 aromatic carbocycles. The van der Waals surface area contributed by atoms with Crippen LogP contribution in [0.3, 0.4) is 0 Å². The first-order valence-corrected chi connectivity index (χ1v) is 11.5. The summed E-state index contributed by atoms with van der Waals surface area (Å²) in [5.74, 6) is -2.38. The minimum Gasteiger partial charge on any atom is -0.479 e. The Labute approximate surface area is 179 Å². The molecule has 0 saturated carbocycles. The molecule has 8 nitrogen and oxygen atoms in total. The van der Waals surface area contributed by atoms with Crippen LogP contribution < -0.4 is 0 Å². The van der Waals surface area contributed by atoms with E-state index in [4.69, 9.17) is 18.9 Å². The van der Waals surface area contributed by atoms with E-state index in [1.165, 1.54) is 6.42 Å². The lowest BCUT2D eigenvalue weighted by atomic mass is 10.0. The Bertz CT molecular complexity index is 493. The van der Waals surface area contributed by atoms with Gasteiger partial charge in [0, 0.05) is 0 Å². The fraction of sp³-hybridized carbons (Fsp3) is 0.909. The first-order valence-electron chi connectivity index (χ1n) is 11.5. The molecule has 2 unspecified atom stereocenters. The predicted octanol–water partition coefficient (Wildman–Crippen LogP) is 4.10. The van der Waals surface area contributed by atoms with E-state index in [9.17, 15) is 19.8 Å². The Morgan fingerprint density at radius 2 is 0.967 bits per heavy atom. The molecule has 0 spiro atoms. The predicted molar refractivity (Wildman–Crippen MR) is 109 cm³/mol. The summed E-state index contributed by atoms with van der Waals surface area (Å²) < 4.78 is 23.1. The molecule has 0 amide bonds. The standard InChI is InChI=1S/C22H38O8/c1-3-5-7-9-11-13-15-27-17-18(28-15)20(22(25)26)30-16(29-19(17)21(23)24)14-12-10-8-6-4-2/h15-20H,3-14H2,1-2H3,(H,23,24)(H,25,26)/t15?,16?,17-,18+,19+,20-. The minimum atomic E-state index is -1.31. The molecular weight excluding hydrogens is 392 g/mol. The van der Waals surface area contributed by atoms with Crippen LogP contribution >= 0.6 is 0 Å². The monoisotopic (exact) mass is 430 g/mol. The third kappa shape index (κ3) is 7.48. The van der Waals surface area contributed by atoms with E-state index >= 15 is 0 Å². The molecule has 8 heteroatoms. The van der Waals surface area contributed by atoms with Crippen molar-refractivity contribution >= 4 is 11.9 Å². The smallest absolute Gasteiger partial charge is 0.335 e. The van der Waals surface area contributed by atoms with Crippen LogP contribution in [0.15, 0.2) is 0 Å². The molecule has 6 atom stereocenters. The van der Waals surface area contributed by atoms with Crippen LogP contribution in [-0.4, -0.2) is 59.1 Å². The maximum atomic E-state index is 11.9. The van der Waals surface area contributed by atoms with Crippen LogP contribution in [-0.2, 0) is 28.5 Å². The number of unbranched alkanes of at least 4 members (excludes halogenated alkanes) is 8. The molecule has 30 heavy (non-hydrogen) atoms. The van der Waals surface area contributed by atoms with Gasteiger partial charge in [-0.25, -0.2) is 9.59 Å². The Morgan fingerprint density at radius 1 is 0.600 bits per heavy atom. The quantitative estimate of drug-likeness (QED) is 0.396. The normalized spacial score (nSPS) is 31.3. The highest BCUT2D eigenvalue weighted by atomic mass is 16.8. The summed E-state index contributed by atoms with van der Waals surface area (Å²) in [6, 6.07) is 0. The minimum absolute atomic E-state index is 0.442. The Kier molecular flexibility index (Phi) is 11.1. The number of carbonyl (C=O) groups is 2. The van der Waals surface area contributed by atoms with Crippen LogP contribution in [0.25, 0.3) is 0 Å². The highest BCUT2D eigenvalue weighted by molar-refractivity contribution is 5.76. The fourth-order valence-electron chi connectivity index (χ4n) is 4.04. The Balaban J connectivity index is 1.98. The fourth-order valence-corrected chi connectivity index (χ4v) is 4.04. The summed E-state index contributed by atoms with van der Waals surface area (Å²) in [7, 11) is 0. The largest absolute Gasteiger partial charge is 0.479 e. The molecule has 0 aliphatic carbocycles. The lowest BCUT2D eigenvalue weighted by Crippen LogP contribution is -2.47. The van der Waals surface area contributed by atoms with Gasteiger partial charge in [-0.1, -0.05) is 65.2 Å². The van der Waals surface area contributed by atoms with Gasteiger partial charge in [-0.15, -0.1) is 0 Å². The van der Waals surface area contributed by atoms with Gasteiger partial charge < -0.3 is 29.2 Å². The zero-order chi connectivity index (χ0) is 21.9. The van der Waals surface area contributed by atoms with Crippen molar-refractivity contribution in [1.29, 1.82) is 0 Å². The van der Waals surface area contributed by atoms with E-state index < -0.39 is 48.9 Å². The van der Waals surface area contributed by atoms with Gasteiger partial charge >= 0.3 is 11.9 Å². The van der Waals surface area contributed by atoms with E-state index in [1.807, 2.05) is 0 Å². The van der Waals surface area contributed by atoms with Gasteiger partial charge in [0.25, 0.3) is 0 Å². The summed E-state index contributed by atoms with van der Waals surface area (Å²) in [5.41, 5.74) is 0. The highest BCUT2D eigenvalue weighted by Gasteiger charge is 2.54. The van der Waals surface area contributed by atoms with E-state index in [2.05, 4.69) is 13.8 Å². The van der Waals surface area contributed by atoms with Crippen molar-refractivity contribution < 1.29 is 38.7 Å². The second-order valence-electron chi connectivity index (χ2n) is 8.26. The van der Waals surface area contributed by atoms with Crippen LogP contribution in [0.2, 0.25) is 0 Å². The van der Waals surface area contributed by atoms with Crippen molar-refractivity contribution in [1.82, 2.24) is 0 Å². The van der Waals surface area contributed by atoms with Crippen molar-refractivity contribution in [3.63, 3.8) is 0 Å². The van der Waals surface area contributed by atoms with Crippen molar-refractivity contribution in [2.75, 3.05) is 0 Å². The molecule has 0 aromatic heterocycles. The van der Waals surface area contributed by atoms with Gasteiger partial charge in [0.15, 0.2) is 24.8 Å². The summed E-state index contributed by atoms with van der Waals surface area (Å²) in [6.45, 7) is 4.27. The van der Waals surface area contributed by atoms with Crippen LogP contribution in [0, 0.1) is 0 Å². The zero-order valence-corrected chi connectivity index (χ0v) is 18.3. The first-order chi connectivity index (χ1) is 14.5. The maximum Gasteiger partial charge on any atom is 0.335 e. The molecule has 174 valence electrons. The molecule has 2 rings (SSSR count). The summed E-state index contributed by atoms with van der Waals surface area (Å²) >= 11 is 0. The van der Waals surface area contributed by atoms with Crippen molar-refractivity contribution in [3.05, 3.63) is 0 Å². The number of carboxylic acids is 2. The number of aliphatic carboxylic acids is 2. The second-order valence-corrected chi connectivity index (χ2v) is 8.26. The molecule has 2 aliphatic heterocycles. The summed E-state index contributed by atoms with van der Waals surface area (Å²) in [5, 5.41) is 19.4. The third-order valence-corrected chi connectivity index (χ3v) is 5.71. The van der Waals surface area contributed by atoms with Gasteiger partial charge in [0.2, 0.25) is 0 Å². The molecule has 2 fully saturated rings. The molecule has 0 aromatic rings. The lowest BCUT2D eigenvalue weighted by molar-refractivity contribution is -0.221. The van der Waals surface area contributed by atoms with Gasteiger partial charge in [-0.3, -0.25) is 0 Å². The zero-order valence-electron chi connectivity index (χ0n) is 18.3. The first kappa shape index (κ1) is 25.0. The average molecular weight is 431 g/mol. The van der Waals surface area contributed by atoms with Gasteiger partial charge in [-0.05, 0) is 25.7 Å². The maximum absolute atomic E-state index is 11.9. The van der Waals surface area contributed by atoms with E-state index in [0.29, 0.717) is 12.8 Å². The number of fused-ring (bicyclic) bond motifs is 1. The van der Waals surface area contributed by atoms with Crippen LogP contribution in [0.1, 0.15) is 90.9 Å². The molecule has 0 bridgehead atoms. The number of hydrogen-bond donors (Lipinski definition) is 2. The van der Waals surface area contributed by atoms with E-state index in [1.54, 1.807) is 0 Å². The van der Waals surface area contributed by atoms with Crippen molar-refractivity contribution in [2.45, 2.75) is 128 Å². The SMILES string of the molecule is CCCCCCCC1O[C@@H]2[C@H](O1)[C@H](C(=O)O)OC(CCCCCCC)O[C@@H]2C(=O)O. The average Bonchev–Trinajstić information content (AvgIpc) is 3.04. The third-order valence-electron chi connectivity index (χ3n) is 5.71. The Morgan fingerprint density at radius 3 is 1.33 bits per heavy atom. The van der Waals surface area contributed by atoms with Gasteiger partial charge in [-0.2, -0.15) is 0 Å². The van der Waals surface area contributed by atoms with E-state index in [-0.39, 0.29) is 0 Å². The number of ether oxygens (including phenoxy) is 4. The lowest BCUT2D eigenvalue weighted by Gasteiger charge is -2.23. The Hall–Kier alpha value is -1.22. The molecular formula is C22H38O8. The van der Waals surface area contributed by atoms with Crippen molar-refractivity contribution in [2.24, 2.45) is 0 Å². The molecule has 2 N–H and O–H groups in total. The molecule has 2 saturated heterocycles. The van der Waals surface area contributed by atoms with Crippen molar-refractivity contribution in [3.8, 4) is 0 Å². The van der Waals surface area contributed by atoms with E-state index in [0.717, 1.165) is 57.8 Å². The topological polar surface area (TPSA) is 112 Å². The molecule has 2 heterocycles.